The number of nitrogens with zero attached hydrogens (tertiary/aromatic N) is 3. The van der Waals surface area contributed by atoms with Crippen LogP contribution in [-0.2, 0) is 20.3 Å². The quantitative estimate of drug-likeness (QED) is 0.336. The standard InChI is InChI=1S/C28H30F2N4O8S/c29-25(30)42-21-8-3-1-6-19(21)18-43(38,39)17-14-34(27(37)33-12-15-40-16-13-33)26(36)32-28(10-5-11-28)23(35)24-31-20-7-2-4-9-22(20)41-24/h1-4,6-9,25H,5,10-18H2,(H,32,36). The van der Waals surface area contributed by atoms with Gasteiger partial charge in [0.2, 0.25) is 5.78 Å². The van der Waals surface area contributed by atoms with Crippen LogP contribution in [0.3, 0.4) is 0 Å². The molecule has 2 fully saturated rings. The van der Waals surface area contributed by atoms with Crippen molar-refractivity contribution in [3.63, 3.8) is 0 Å². The molecule has 1 aliphatic carbocycles. The third kappa shape index (κ3) is 6.94. The molecule has 1 saturated heterocycles. The SMILES string of the molecule is O=C(NC1(C(=O)c2nc3ccccc3o2)CCC1)N(CCS(=O)(=O)Cc1ccccc1OC(F)F)C(=O)N1CCOCC1. The fourth-order valence-electron chi connectivity index (χ4n) is 4.97. The highest BCUT2D eigenvalue weighted by Crippen LogP contribution is 2.36. The van der Waals surface area contributed by atoms with Gasteiger partial charge in [-0.15, -0.1) is 0 Å². The Labute approximate surface area is 245 Å². The Morgan fingerprint density at radius 2 is 1.77 bits per heavy atom. The molecule has 1 aromatic heterocycles. The molecule has 5 rings (SSSR count). The molecule has 15 heteroatoms. The van der Waals surface area contributed by atoms with Crippen molar-refractivity contribution in [3.05, 3.63) is 60.0 Å². The Kier molecular flexibility index (Phi) is 8.92. The zero-order chi connectivity index (χ0) is 30.6. The monoisotopic (exact) mass is 620 g/mol. The molecule has 2 aromatic carbocycles. The van der Waals surface area contributed by atoms with Crippen molar-refractivity contribution in [2.45, 2.75) is 37.2 Å². The minimum Gasteiger partial charge on any atom is -0.435 e. The van der Waals surface area contributed by atoms with Crippen LogP contribution in [0.25, 0.3) is 11.1 Å². The minimum absolute atomic E-state index is 0.00987. The largest absolute Gasteiger partial charge is 0.435 e. The number of para-hydroxylation sites is 3. The number of ether oxygens (including phenoxy) is 2. The maximum absolute atomic E-state index is 13.6. The van der Waals surface area contributed by atoms with E-state index in [1.54, 1.807) is 24.3 Å². The minimum atomic E-state index is -4.03. The number of nitrogens with one attached hydrogen (secondary N) is 1. The van der Waals surface area contributed by atoms with E-state index < -0.39 is 57.9 Å². The first-order chi connectivity index (χ1) is 20.6. The summed E-state index contributed by atoms with van der Waals surface area (Å²) in [4.78, 5) is 47.0. The number of morpholine rings is 1. The molecule has 2 heterocycles. The summed E-state index contributed by atoms with van der Waals surface area (Å²) in [6.07, 6.45) is 1.17. The normalized spacial score (nSPS) is 16.5. The van der Waals surface area contributed by atoms with E-state index in [1.807, 2.05) is 0 Å². The molecule has 3 aromatic rings. The van der Waals surface area contributed by atoms with Crippen LogP contribution in [0.15, 0.2) is 52.9 Å². The van der Waals surface area contributed by atoms with Gasteiger partial charge in [0.05, 0.1) is 24.7 Å². The number of alkyl halides is 2. The first kappa shape index (κ1) is 30.4. The van der Waals surface area contributed by atoms with Gasteiger partial charge in [-0.05, 0) is 37.5 Å². The molecule has 43 heavy (non-hydrogen) atoms. The fraction of sp³-hybridized carbons (Fsp3) is 0.429. The third-order valence-electron chi connectivity index (χ3n) is 7.42. The number of amides is 4. The molecule has 1 N–H and O–H groups in total. The number of rotatable bonds is 10. The van der Waals surface area contributed by atoms with Crippen LogP contribution in [0.2, 0.25) is 0 Å². The number of fused-ring (bicyclic) bond motifs is 1. The topological polar surface area (TPSA) is 148 Å². The number of carbonyl (C=O) groups excluding carboxylic acids is 3. The summed E-state index contributed by atoms with van der Waals surface area (Å²) < 4.78 is 67.1. The van der Waals surface area contributed by atoms with Gasteiger partial charge in [-0.2, -0.15) is 8.78 Å². The van der Waals surface area contributed by atoms with Crippen molar-refractivity contribution in [1.82, 2.24) is 20.1 Å². The lowest BCUT2D eigenvalue weighted by molar-refractivity contribution is -0.0503. The molecule has 1 aliphatic heterocycles. The molecule has 0 radical (unpaired) electrons. The molecule has 12 nitrogen and oxygen atoms in total. The Bertz CT molecular complexity index is 1570. The molecular formula is C28H30F2N4O8S. The molecule has 0 unspecified atom stereocenters. The van der Waals surface area contributed by atoms with Crippen molar-refractivity contribution in [3.8, 4) is 5.75 Å². The molecular weight excluding hydrogens is 590 g/mol. The smallest absolute Gasteiger partial charge is 0.387 e. The summed E-state index contributed by atoms with van der Waals surface area (Å²) in [5.74, 6) is -2.34. The van der Waals surface area contributed by atoms with Gasteiger partial charge in [0.25, 0.3) is 5.89 Å². The van der Waals surface area contributed by atoms with Crippen LogP contribution in [0.4, 0.5) is 18.4 Å². The van der Waals surface area contributed by atoms with Crippen LogP contribution in [0, 0.1) is 0 Å². The predicted octanol–water partition coefficient (Wildman–Crippen LogP) is 3.61. The summed E-state index contributed by atoms with van der Waals surface area (Å²) >= 11 is 0. The zero-order valence-corrected chi connectivity index (χ0v) is 23.9. The molecule has 4 amide bonds. The Balaban J connectivity index is 1.34. The van der Waals surface area contributed by atoms with Gasteiger partial charge in [0.15, 0.2) is 15.4 Å². The molecule has 0 bridgehead atoms. The summed E-state index contributed by atoms with van der Waals surface area (Å²) in [6.45, 7) is -2.86. The van der Waals surface area contributed by atoms with Crippen LogP contribution < -0.4 is 10.1 Å². The second-order valence-corrected chi connectivity index (χ2v) is 12.5. The first-order valence-corrected chi connectivity index (χ1v) is 15.5. The van der Waals surface area contributed by atoms with E-state index in [2.05, 4.69) is 15.0 Å². The number of Topliss-reactive ketones (excluding diaryl/α,β-unsaturated/α-hetero) is 1. The van der Waals surface area contributed by atoms with Gasteiger partial charge < -0.3 is 24.1 Å². The van der Waals surface area contributed by atoms with Crippen LogP contribution in [0.5, 0.6) is 5.75 Å². The number of carbonyl (C=O) groups is 3. The number of ketones is 1. The number of halogens is 2. The van der Waals surface area contributed by atoms with Crippen molar-refractivity contribution >= 4 is 38.8 Å². The van der Waals surface area contributed by atoms with Crippen molar-refractivity contribution < 1.29 is 45.5 Å². The van der Waals surface area contributed by atoms with E-state index in [1.165, 1.54) is 29.2 Å². The first-order valence-electron chi connectivity index (χ1n) is 13.7. The number of aromatic nitrogens is 1. The lowest BCUT2D eigenvalue weighted by Gasteiger charge is -2.41. The van der Waals surface area contributed by atoms with Crippen molar-refractivity contribution in [2.75, 3.05) is 38.6 Å². The predicted molar refractivity (Wildman–Crippen MR) is 149 cm³/mol. The molecule has 2 aliphatic rings. The number of oxazole rings is 1. The summed E-state index contributed by atoms with van der Waals surface area (Å²) in [5.41, 5.74) is -0.495. The van der Waals surface area contributed by atoms with Gasteiger partial charge in [-0.3, -0.25) is 4.79 Å². The van der Waals surface area contributed by atoms with E-state index in [9.17, 15) is 31.6 Å². The molecule has 0 atom stereocenters. The van der Waals surface area contributed by atoms with Gasteiger partial charge in [-0.25, -0.2) is 27.9 Å². The van der Waals surface area contributed by atoms with Crippen molar-refractivity contribution in [1.29, 1.82) is 0 Å². The highest BCUT2D eigenvalue weighted by molar-refractivity contribution is 7.90. The highest BCUT2D eigenvalue weighted by atomic mass is 32.2. The Morgan fingerprint density at radius 1 is 1.07 bits per heavy atom. The average molecular weight is 621 g/mol. The number of imide groups is 1. The average Bonchev–Trinajstić information content (AvgIpc) is 3.40. The van der Waals surface area contributed by atoms with E-state index in [0.29, 0.717) is 17.5 Å². The molecule has 230 valence electrons. The maximum atomic E-state index is 13.6. The number of sulfone groups is 1. The second kappa shape index (κ2) is 12.6. The third-order valence-corrected chi connectivity index (χ3v) is 8.98. The van der Waals surface area contributed by atoms with Crippen molar-refractivity contribution in [2.24, 2.45) is 0 Å². The van der Waals surface area contributed by atoms with Gasteiger partial charge >= 0.3 is 18.7 Å². The van der Waals surface area contributed by atoms with Crippen LogP contribution >= 0.6 is 0 Å². The van der Waals surface area contributed by atoms with E-state index >= 15 is 0 Å². The zero-order valence-electron chi connectivity index (χ0n) is 23.0. The lowest BCUT2D eigenvalue weighted by Crippen LogP contribution is -2.64. The van der Waals surface area contributed by atoms with Gasteiger partial charge in [0, 0.05) is 25.2 Å². The molecule has 0 spiro atoms. The maximum Gasteiger partial charge on any atom is 0.387 e. The van der Waals surface area contributed by atoms with E-state index in [-0.39, 0.29) is 56.3 Å². The van der Waals surface area contributed by atoms with Gasteiger partial charge in [-0.1, -0.05) is 30.3 Å². The summed E-state index contributed by atoms with van der Waals surface area (Å²) in [7, 11) is -4.03. The Morgan fingerprint density at radius 3 is 2.44 bits per heavy atom. The van der Waals surface area contributed by atoms with Crippen LogP contribution in [-0.4, -0.2) is 91.8 Å². The number of urea groups is 2. The number of hydrogen-bond donors (Lipinski definition) is 1. The second-order valence-electron chi connectivity index (χ2n) is 10.3. The molecule has 1 saturated carbocycles. The fourth-order valence-corrected chi connectivity index (χ4v) is 6.29. The summed E-state index contributed by atoms with van der Waals surface area (Å²) in [6, 6.07) is 10.6. The number of hydrogen-bond acceptors (Lipinski definition) is 9. The van der Waals surface area contributed by atoms with Gasteiger partial charge in [0.1, 0.15) is 16.8 Å². The van der Waals surface area contributed by atoms with Crippen LogP contribution in [0.1, 0.15) is 35.5 Å². The lowest BCUT2D eigenvalue weighted by atomic mass is 9.73. The summed E-state index contributed by atoms with van der Waals surface area (Å²) in [5, 5.41) is 2.67. The highest BCUT2D eigenvalue weighted by Gasteiger charge is 2.49. The number of benzene rings is 2. The Hall–Kier alpha value is -4.11. The van der Waals surface area contributed by atoms with E-state index in [0.717, 1.165) is 4.90 Å². The van der Waals surface area contributed by atoms with E-state index in [4.69, 9.17) is 9.15 Å².